The summed E-state index contributed by atoms with van der Waals surface area (Å²) in [4.78, 5) is 14.5. The van der Waals surface area contributed by atoms with Gasteiger partial charge >= 0.3 is 0 Å². The van der Waals surface area contributed by atoms with Crippen LogP contribution < -0.4 is 10.6 Å². The Hall–Kier alpha value is -2.85. The number of Topliss-reactive ketones (excluding diaryl/α,β-unsaturated/α-hetero) is 1. The van der Waals surface area contributed by atoms with Crippen molar-refractivity contribution in [2.75, 3.05) is 10.6 Å². The van der Waals surface area contributed by atoms with Crippen LogP contribution >= 0.6 is 11.3 Å². The van der Waals surface area contributed by atoms with E-state index in [1.54, 1.807) is 11.3 Å². The fourth-order valence-electron chi connectivity index (χ4n) is 4.29. The van der Waals surface area contributed by atoms with Crippen LogP contribution in [0.4, 0.5) is 11.4 Å². The first kappa shape index (κ1) is 17.3. The van der Waals surface area contributed by atoms with Gasteiger partial charge in [-0.3, -0.25) is 4.79 Å². The normalized spacial score (nSPS) is 21.2. The summed E-state index contributed by atoms with van der Waals surface area (Å²) in [6.07, 6.45) is 1.41. The Bertz CT molecular complexity index is 1050. The standard InChI is InChI=1S/C24H22N2OS/c1-15-9-10-18-19(12-15)26-24(22-8-5-11-28-22)23-20(25-18)13-17(14-21(23)27)16-6-3-2-4-7-16/h2-12,17,24-26H,13-14H2,1H3/t17-,24-/m1/s1. The van der Waals surface area contributed by atoms with Crippen LogP contribution in [0.5, 0.6) is 0 Å². The van der Waals surface area contributed by atoms with Gasteiger partial charge < -0.3 is 10.6 Å². The molecule has 28 heavy (non-hydrogen) atoms. The van der Waals surface area contributed by atoms with Gasteiger partial charge in [-0.15, -0.1) is 11.3 Å². The number of aryl methyl sites for hydroxylation is 1. The van der Waals surface area contributed by atoms with Crippen LogP contribution in [0.1, 0.15) is 40.8 Å². The monoisotopic (exact) mass is 386 g/mol. The molecule has 2 heterocycles. The molecular formula is C24H22N2OS. The maximum atomic E-state index is 13.4. The number of ketones is 1. The molecule has 0 radical (unpaired) electrons. The molecule has 2 aromatic carbocycles. The largest absolute Gasteiger partial charge is 0.372 e. The lowest BCUT2D eigenvalue weighted by atomic mass is 9.79. The molecule has 0 fully saturated rings. The van der Waals surface area contributed by atoms with Crippen molar-refractivity contribution in [3.8, 4) is 0 Å². The molecular weight excluding hydrogens is 364 g/mol. The highest BCUT2D eigenvalue weighted by Gasteiger charge is 2.36. The number of allylic oxidation sites excluding steroid dienone is 1. The van der Waals surface area contributed by atoms with Gasteiger partial charge in [-0.1, -0.05) is 42.5 Å². The van der Waals surface area contributed by atoms with E-state index in [1.165, 1.54) is 16.0 Å². The molecule has 4 heteroatoms. The van der Waals surface area contributed by atoms with Crippen LogP contribution in [0.3, 0.4) is 0 Å². The van der Waals surface area contributed by atoms with Crippen molar-refractivity contribution in [1.29, 1.82) is 0 Å². The third kappa shape index (κ3) is 3.04. The van der Waals surface area contributed by atoms with Crippen molar-refractivity contribution in [2.24, 2.45) is 0 Å². The molecule has 1 aliphatic heterocycles. The molecule has 3 nitrogen and oxygen atoms in total. The third-order valence-corrected chi connectivity index (χ3v) is 6.59. The third-order valence-electron chi connectivity index (χ3n) is 5.66. The van der Waals surface area contributed by atoms with Crippen LogP contribution in [-0.4, -0.2) is 5.78 Å². The lowest BCUT2D eigenvalue weighted by Gasteiger charge is -2.29. The van der Waals surface area contributed by atoms with Crippen LogP contribution in [-0.2, 0) is 4.79 Å². The van der Waals surface area contributed by atoms with Gasteiger partial charge in [-0.2, -0.15) is 0 Å². The summed E-state index contributed by atoms with van der Waals surface area (Å²) in [5, 5.41) is 9.34. The van der Waals surface area contributed by atoms with Crippen molar-refractivity contribution in [2.45, 2.75) is 31.7 Å². The molecule has 0 unspecified atom stereocenters. The first-order chi connectivity index (χ1) is 13.7. The number of carbonyl (C=O) groups is 1. The predicted octanol–water partition coefficient (Wildman–Crippen LogP) is 6.04. The molecule has 1 aliphatic carbocycles. The van der Waals surface area contributed by atoms with Crippen LogP contribution in [0.2, 0.25) is 0 Å². The average molecular weight is 387 g/mol. The minimum absolute atomic E-state index is 0.102. The summed E-state index contributed by atoms with van der Waals surface area (Å²) in [5.74, 6) is 0.453. The summed E-state index contributed by atoms with van der Waals surface area (Å²) in [7, 11) is 0. The number of rotatable bonds is 2. The second-order valence-corrected chi connectivity index (χ2v) is 8.58. The van der Waals surface area contributed by atoms with E-state index in [9.17, 15) is 4.79 Å². The van der Waals surface area contributed by atoms with E-state index in [2.05, 4.69) is 77.5 Å². The fourth-order valence-corrected chi connectivity index (χ4v) is 5.07. The molecule has 0 bridgehead atoms. The zero-order valence-electron chi connectivity index (χ0n) is 15.7. The van der Waals surface area contributed by atoms with Crippen LogP contribution in [0.15, 0.2) is 77.3 Å². The number of thiophene rings is 1. The van der Waals surface area contributed by atoms with Gasteiger partial charge in [0.2, 0.25) is 0 Å². The number of hydrogen-bond acceptors (Lipinski definition) is 4. The van der Waals surface area contributed by atoms with Gasteiger partial charge in [0.05, 0.1) is 17.4 Å². The maximum Gasteiger partial charge on any atom is 0.163 e. The van der Waals surface area contributed by atoms with Crippen molar-refractivity contribution >= 4 is 28.5 Å². The molecule has 0 spiro atoms. The van der Waals surface area contributed by atoms with E-state index in [0.717, 1.165) is 29.1 Å². The Kier molecular flexibility index (Phi) is 4.29. The number of fused-ring (bicyclic) bond motifs is 1. The number of anilines is 2. The average Bonchev–Trinajstić information content (AvgIpc) is 3.18. The molecule has 0 saturated heterocycles. The van der Waals surface area contributed by atoms with E-state index in [4.69, 9.17) is 0 Å². The first-order valence-corrected chi connectivity index (χ1v) is 10.6. The predicted molar refractivity (Wildman–Crippen MR) is 116 cm³/mol. The van der Waals surface area contributed by atoms with E-state index in [-0.39, 0.29) is 17.7 Å². The summed E-state index contributed by atoms with van der Waals surface area (Å²) in [6.45, 7) is 2.09. The fraction of sp³-hybridized carbons (Fsp3) is 0.208. The van der Waals surface area contributed by atoms with E-state index in [1.807, 2.05) is 6.07 Å². The molecule has 2 aliphatic rings. The van der Waals surface area contributed by atoms with E-state index >= 15 is 0 Å². The van der Waals surface area contributed by atoms with Gasteiger partial charge in [0.1, 0.15) is 0 Å². The van der Waals surface area contributed by atoms with Gasteiger partial charge in [0.15, 0.2) is 5.78 Å². The highest BCUT2D eigenvalue weighted by molar-refractivity contribution is 7.10. The number of hydrogen-bond donors (Lipinski definition) is 2. The maximum absolute atomic E-state index is 13.4. The number of nitrogens with one attached hydrogen (secondary N) is 2. The summed E-state index contributed by atoms with van der Waals surface area (Å²) in [5.41, 5.74) is 6.47. The van der Waals surface area contributed by atoms with Gasteiger partial charge in [-0.05, 0) is 54.0 Å². The minimum atomic E-state index is -0.102. The Morgan fingerprint density at radius 1 is 0.964 bits per heavy atom. The highest BCUT2D eigenvalue weighted by atomic mass is 32.1. The Balaban J connectivity index is 1.61. The Morgan fingerprint density at radius 3 is 2.61 bits per heavy atom. The molecule has 3 aromatic rings. The second kappa shape index (κ2) is 6.95. The van der Waals surface area contributed by atoms with Crippen LogP contribution in [0, 0.1) is 6.92 Å². The first-order valence-electron chi connectivity index (χ1n) is 9.68. The van der Waals surface area contributed by atoms with Crippen LogP contribution in [0.25, 0.3) is 0 Å². The van der Waals surface area contributed by atoms with Crippen molar-refractivity contribution in [3.05, 3.63) is 93.3 Å². The Labute approximate surface area is 169 Å². The lowest BCUT2D eigenvalue weighted by molar-refractivity contribution is -0.116. The molecule has 2 atom stereocenters. The van der Waals surface area contributed by atoms with Crippen molar-refractivity contribution in [1.82, 2.24) is 0 Å². The molecule has 2 N–H and O–H groups in total. The molecule has 140 valence electrons. The van der Waals surface area contributed by atoms with Crippen molar-refractivity contribution in [3.63, 3.8) is 0 Å². The van der Waals surface area contributed by atoms with E-state index < -0.39 is 0 Å². The minimum Gasteiger partial charge on any atom is -0.372 e. The van der Waals surface area contributed by atoms with Gasteiger partial charge in [-0.25, -0.2) is 0 Å². The van der Waals surface area contributed by atoms with Gasteiger partial charge in [0, 0.05) is 22.6 Å². The SMILES string of the molecule is Cc1ccc2c(c1)N[C@H](c1cccs1)C1=C(C[C@@H](c3ccccc3)CC1=O)N2. The number of benzene rings is 2. The second-order valence-electron chi connectivity index (χ2n) is 7.60. The quantitative estimate of drug-likeness (QED) is 0.564. The zero-order chi connectivity index (χ0) is 19.1. The zero-order valence-corrected chi connectivity index (χ0v) is 16.6. The summed E-state index contributed by atoms with van der Waals surface area (Å²) in [6, 6.07) is 20.8. The topological polar surface area (TPSA) is 41.1 Å². The van der Waals surface area contributed by atoms with Crippen molar-refractivity contribution < 1.29 is 4.79 Å². The molecule has 1 aromatic heterocycles. The van der Waals surface area contributed by atoms with E-state index in [0.29, 0.717) is 6.42 Å². The Morgan fingerprint density at radius 2 is 1.82 bits per heavy atom. The highest BCUT2D eigenvalue weighted by Crippen LogP contribution is 2.45. The summed E-state index contributed by atoms with van der Waals surface area (Å²) < 4.78 is 0. The summed E-state index contributed by atoms with van der Waals surface area (Å²) >= 11 is 1.70. The van der Waals surface area contributed by atoms with Gasteiger partial charge in [0.25, 0.3) is 0 Å². The molecule has 0 amide bonds. The number of carbonyl (C=O) groups excluding carboxylic acids is 1. The molecule has 0 saturated carbocycles. The smallest absolute Gasteiger partial charge is 0.163 e. The molecule has 5 rings (SSSR count). The lowest BCUT2D eigenvalue weighted by Crippen LogP contribution is -2.26.